The Morgan fingerprint density at radius 2 is 0.540 bits per heavy atom. The van der Waals surface area contributed by atoms with E-state index in [0.29, 0.717) is 68.0 Å². The fourth-order valence-corrected chi connectivity index (χ4v) is 6.47. The van der Waals surface area contributed by atoms with Gasteiger partial charge in [0.05, 0.1) is 34.4 Å². The number of phenols is 5. The Hall–Kier alpha value is -8.08. The zero-order valence-corrected chi connectivity index (χ0v) is 35.3. The largest absolute Gasteiger partial charge is 0.508 e. The van der Waals surface area contributed by atoms with Crippen LogP contribution in [0.2, 0.25) is 0 Å². The van der Waals surface area contributed by atoms with Crippen molar-refractivity contribution in [3.8, 4) is 93.7 Å². The van der Waals surface area contributed by atoms with Crippen molar-refractivity contribution in [2.75, 3.05) is 6.61 Å². The van der Waals surface area contributed by atoms with E-state index in [0.717, 1.165) is 19.3 Å². The standard InChI is InChI=1S/C57H48O6/c1-2-3-4-5-6-7-8-9-10-41-63-57-55(39-24-45-17-32-50(61)33-18-45)53(37-22-43-13-28-48(59)29-14-43)52(36-21-42-11-26-47(58)27-12-42)54(38-23-44-15-30-49(60)31-16-44)56(57)40-25-46-19-34-51(62)35-20-46/h11-20,26-35,58-62H,2-10,41H2,1H3. The zero-order chi connectivity index (χ0) is 44.2. The molecule has 0 bridgehead atoms. The Balaban J connectivity index is 1.63. The molecule has 0 aliphatic heterocycles. The van der Waals surface area contributed by atoms with Crippen molar-refractivity contribution in [3.63, 3.8) is 0 Å². The van der Waals surface area contributed by atoms with Gasteiger partial charge in [-0.2, -0.15) is 0 Å². The van der Waals surface area contributed by atoms with Gasteiger partial charge in [-0.25, -0.2) is 0 Å². The summed E-state index contributed by atoms with van der Waals surface area (Å²) in [6, 6.07) is 32.9. The Labute approximate surface area is 370 Å². The van der Waals surface area contributed by atoms with Gasteiger partial charge in [0, 0.05) is 27.8 Å². The lowest BCUT2D eigenvalue weighted by molar-refractivity contribution is 0.302. The lowest BCUT2D eigenvalue weighted by atomic mass is 9.89. The summed E-state index contributed by atoms with van der Waals surface area (Å²) in [5.41, 5.74) is 5.35. The topological polar surface area (TPSA) is 110 Å². The molecule has 63 heavy (non-hydrogen) atoms. The Kier molecular flexibility index (Phi) is 16.3. The molecule has 6 aromatic rings. The summed E-state index contributed by atoms with van der Waals surface area (Å²) in [5.74, 6) is 34.0. The van der Waals surface area contributed by atoms with Crippen LogP contribution in [0.25, 0.3) is 0 Å². The molecule has 0 saturated carbocycles. The van der Waals surface area contributed by atoms with Crippen molar-refractivity contribution >= 4 is 0 Å². The van der Waals surface area contributed by atoms with Crippen molar-refractivity contribution in [2.45, 2.75) is 64.7 Å². The number of rotatable bonds is 11. The monoisotopic (exact) mass is 828 g/mol. The highest BCUT2D eigenvalue weighted by Crippen LogP contribution is 2.34. The molecule has 0 radical (unpaired) electrons. The normalized spacial score (nSPS) is 9.98. The summed E-state index contributed by atoms with van der Waals surface area (Å²) >= 11 is 0. The quantitative estimate of drug-likeness (QED) is 0.0657. The molecule has 6 rings (SSSR count). The lowest BCUT2D eigenvalue weighted by Crippen LogP contribution is -2.08. The number of aromatic hydroxyl groups is 5. The molecule has 0 unspecified atom stereocenters. The Morgan fingerprint density at radius 1 is 0.302 bits per heavy atom. The third-order valence-electron chi connectivity index (χ3n) is 9.94. The second-order valence-electron chi connectivity index (χ2n) is 14.9. The van der Waals surface area contributed by atoms with Crippen LogP contribution in [0.5, 0.6) is 34.5 Å². The first-order valence-electron chi connectivity index (χ1n) is 21.2. The van der Waals surface area contributed by atoms with E-state index < -0.39 is 0 Å². The SMILES string of the molecule is CCCCCCCCCCCOc1c(C#Cc2ccc(O)cc2)c(C#Cc2ccc(O)cc2)c(C#Cc2ccc(O)cc2)c(C#Cc2ccc(O)cc2)c1C#Cc1ccc(O)cc1. The van der Waals surface area contributed by atoms with Crippen LogP contribution >= 0.6 is 0 Å². The van der Waals surface area contributed by atoms with Crippen LogP contribution < -0.4 is 4.74 Å². The average molecular weight is 829 g/mol. The van der Waals surface area contributed by atoms with Gasteiger partial charge in [-0.05, 0) is 128 Å². The van der Waals surface area contributed by atoms with Crippen LogP contribution in [0, 0.1) is 59.2 Å². The van der Waals surface area contributed by atoms with Gasteiger partial charge in [0.1, 0.15) is 28.7 Å². The van der Waals surface area contributed by atoms with Crippen LogP contribution in [0.1, 0.15) is 120 Å². The van der Waals surface area contributed by atoms with Gasteiger partial charge in [0.25, 0.3) is 0 Å². The molecule has 0 heterocycles. The molecule has 0 saturated heterocycles. The van der Waals surface area contributed by atoms with E-state index in [1.807, 2.05) is 0 Å². The summed E-state index contributed by atoms with van der Waals surface area (Å²) in [6.07, 6.45) is 10.3. The highest BCUT2D eigenvalue weighted by molar-refractivity contribution is 5.78. The summed E-state index contributed by atoms with van der Waals surface area (Å²) in [4.78, 5) is 0. The minimum absolute atomic E-state index is 0.105. The highest BCUT2D eigenvalue weighted by Gasteiger charge is 2.22. The first kappa shape index (κ1) is 44.5. The molecule has 0 atom stereocenters. The van der Waals surface area contributed by atoms with Crippen molar-refractivity contribution in [1.82, 2.24) is 0 Å². The van der Waals surface area contributed by atoms with E-state index >= 15 is 0 Å². The second-order valence-corrected chi connectivity index (χ2v) is 14.9. The minimum atomic E-state index is 0.105. The molecule has 0 aliphatic rings. The van der Waals surface area contributed by atoms with Crippen LogP contribution in [0.15, 0.2) is 121 Å². The first-order valence-corrected chi connectivity index (χ1v) is 21.2. The molecule has 6 nitrogen and oxygen atoms in total. The Bertz CT molecular complexity index is 2650. The molecular weight excluding hydrogens is 781 g/mol. The van der Waals surface area contributed by atoms with Crippen molar-refractivity contribution in [1.29, 1.82) is 0 Å². The predicted octanol–water partition coefficient (Wildman–Crippen LogP) is 11.1. The van der Waals surface area contributed by atoms with Crippen LogP contribution in [-0.4, -0.2) is 32.1 Å². The van der Waals surface area contributed by atoms with Gasteiger partial charge < -0.3 is 30.3 Å². The molecule has 0 fully saturated rings. The highest BCUT2D eigenvalue weighted by atomic mass is 16.5. The van der Waals surface area contributed by atoms with E-state index in [9.17, 15) is 25.5 Å². The molecule has 0 aliphatic carbocycles. The van der Waals surface area contributed by atoms with E-state index in [1.54, 1.807) is 121 Å². The lowest BCUT2D eigenvalue weighted by Gasteiger charge is -2.17. The summed E-state index contributed by atoms with van der Waals surface area (Å²) in [5, 5.41) is 50.2. The number of ether oxygens (including phenoxy) is 1. The molecule has 312 valence electrons. The fourth-order valence-electron chi connectivity index (χ4n) is 6.47. The number of benzene rings is 6. The fraction of sp³-hybridized carbons (Fsp3) is 0.193. The molecule has 5 N–H and O–H groups in total. The first-order chi connectivity index (χ1) is 30.7. The van der Waals surface area contributed by atoms with E-state index in [4.69, 9.17) is 4.74 Å². The van der Waals surface area contributed by atoms with Gasteiger partial charge in [-0.1, -0.05) is 117 Å². The maximum atomic E-state index is 10.0. The van der Waals surface area contributed by atoms with Gasteiger partial charge in [-0.3, -0.25) is 0 Å². The Morgan fingerprint density at radius 3 is 0.825 bits per heavy atom. The van der Waals surface area contributed by atoms with E-state index in [-0.39, 0.29) is 28.7 Å². The molecular formula is C57H48O6. The van der Waals surface area contributed by atoms with E-state index in [1.165, 1.54) is 38.5 Å². The third kappa shape index (κ3) is 13.7. The van der Waals surface area contributed by atoms with Gasteiger partial charge in [0.15, 0.2) is 5.75 Å². The predicted molar refractivity (Wildman–Crippen MR) is 250 cm³/mol. The number of hydrogen-bond donors (Lipinski definition) is 5. The smallest absolute Gasteiger partial charge is 0.153 e. The van der Waals surface area contributed by atoms with Crippen LogP contribution in [0.3, 0.4) is 0 Å². The van der Waals surface area contributed by atoms with E-state index in [2.05, 4.69) is 66.1 Å². The van der Waals surface area contributed by atoms with Crippen LogP contribution in [-0.2, 0) is 0 Å². The number of unbranched alkanes of at least 4 members (excludes halogenated alkanes) is 8. The number of hydrogen-bond acceptors (Lipinski definition) is 6. The third-order valence-corrected chi connectivity index (χ3v) is 9.94. The number of phenolic OH excluding ortho intramolecular Hbond substituents is 5. The maximum Gasteiger partial charge on any atom is 0.153 e. The summed E-state index contributed by atoms with van der Waals surface area (Å²) < 4.78 is 6.83. The molecule has 0 spiro atoms. The molecule has 6 heteroatoms. The molecule has 0 aromatic heterocycles. The zero-order valence-electron chi connectivity index (χ0n) is 35.3. The van der Waals surface area contributed by atoms with Gasteiger partial charge in [-0.15, -0.1) is 0 Å². The summed E-state index contributed by atoms with van der Waals surface area (Å²) in [7, 11) is 0. The van der Waals surface area contributed by atoms with Gasteiger partial charge in [0.2, 0.25) is 0 Å². The molecule has 6 aromatic carbocycles. The second kappa shape index (κ2) is 23.1. The average Bonchev–Trinajstić information content (AvgIpc) is 3.29. The van der Waals surface area contributed by atoms with Crippen molar-refractivity contribution < 1.29 is 30.3 Å². The van der Waals surface area contributed by atoms with Crippen molar-refractivity contribution in [3.05, 3.63) is 177 Å². The van der Waals surface area contributed by atoms with Gasteiger partial charge >= 0.3 is 0 Å². The minimum Gasteiger partial charge on any atom is -0.508 e. The van der Waals surface area contributed by atoms with Crippen LogP contribution in [0.4, 0.5) is 0 Å². The summed E-state index contributed by atoms with van der Waals surface area (Å²) in [6.45, 7) is 2.59. The maximum absolute atomic E-state index is 10.0. The molecule has 0 amide bonds. The van der Waals surface area contributed by atoms with Crippen molar-refractivity contribution in [2.24, 2.45) is 0 Å².